The van der Waals surface area contributed by atoms with Crippen LogP contribution in [0.5, 0.6) is 0 Å². The molecule has 1 nitrogen and oxygen atoms in total. The maximum Gasteiger partial charge on any atom is 0.155 e. The molecule has 0 spiro atoms. The van der Waals surface area contributed by atoms with Crippen molar-refractivity contribution in [1.82, 2.24) is 0 Å². The van der Waals surface area contributed by atoms with Crippen molar-refractivity contribution < 1.29 is 4.79 Å². The van der Waals surface area contributed by atoms with Crippen LogP contribution in [0.2, 0.25) is 0 Å². The summed E-state index contributed by atoms with van der Waals surface area (Å²) in [5, 5.41) is -0.461. The SMILES string of the molecule is O=C(CCC1CCCC1)C(Cl)c1ccccc1. The van der Waals surface area contributed by atoms with Gasteiger partial charge in [-0.2, -0.15) is 0 Å². The van der Waals surface area contributed by atoms with Crippen molar-refractivity contribution in [2.75, 3.05) is 0 Å². The van der Waals surface area contributed by atoms with Gasteiger partial charge in [-0.05, 0) is 17.9 Å². The lowest BCUT2D eigenvalue weighted by Crippen LogP contribution is -2.08. The van der Waals surface area contributed by atoms with Gasteiger partial charge in [0.25, 0.3) is 0 Å². The van der Waals surface area contributed by atoms with Crippen LogP contribution in [0.1, 0.15) is 49.5 Å². The predicted octanol–water partition coefficient (Wildman–Crippen LogP) is 4.51. The van der Waals surface area contributed by atoms with E-state index >= 15 is 0 Å². The van der Waals surface area contributed by atoms with E-state index in [0.29, 0.717) is 6.42 Å². The highest BCUT2D eigenvalue weighted by molar-refractivity contribution is 6.31. The Balaban J connectivity index is 1.83. The van der Waals surface area contributed by atoms with Crippen LogP contribution in [0.4, 0.5) is 0 Å². The number of carbonyl (C=O) groups is 1. The zero-order chi connectivity index (χ0) is 12.1. The maximum atomic E-state index is 12.0. The molecule has 0 amide bonds. The smallest absolute Gasteiger partial charge is 0.155 e. The van der Waals surface area contributed by atoms with Crippen LogP contribution in [-0.2, 0) is 4.79 Å². The maximum absolute atomic E-state index is 12.0. The third-order valence-corrected chi connectivity index (χ3v) is 4.14. The number of hydrogen-bond acceptors (Lipinski definition) is 1. The molecule has 0 heterocycles. The van der Waals surface area contributed by atoms with E-state index in [1.165, 1.54) is 25.7 Å². The fourth-order valence-corrected chi connectivity index (χ4v) is 2.83. The predicted molar refractivity (Wildman–Crippen MR) is 71.2 cm³/mol. The van der Waals surface area contributed by atoms with Crippen molar-refractivity contribution in [3.8, 4) is 0 Å². The average Bonchev–Trinajstić information content (AvgIpc) is 2.89. The monoisotopic (exact) mass is 250 g/mol. The van der Waals surface area contributed by atoms with Crippen LogP contribution >= 0.6 is 11.6 Å². The van der Waals surface area contributed by atoms with Crippen molar-refractivity contribution in [3.63, 3.8) is 0 Å². The highest BCUT2D eigenvalue weighted by atomic mass is 35.5. The Morgan fingerprint density at radius 1 is 1.24 bits per heavy atom. The van der Waals surface area contributed by atoms with Gasteiger partial charge in [-0.3, -0.25) is 4.79 Å². The van der Waals surface area contributed by atoms with Gasteiger partial charge in [0.05, 0.1) is 0 Å². The highest BCUT2D eigenvalue weighted by Gasteiger charge is 2.20. The van der Waals surface area contributed by atoms with Crippen molar-refractivity contribution in [2.45, 2.75) is 43.9 Å². The first-order valence-electron chi connectivity index (χ1n) is 6.49. The molecule has 1 unspecified atom stereocenters. The first kappa shape index (κ1) is 12.6. The molecule has 2 rings (SSSR count). The summed E-state index contributed by atoms with van der Waals surface area (Å²) in [7, 11) is 0. The van der Waals surface area contributed by atoms with Gasteiger partial charge in [-0.1, -0.05) is 56.0 Å². The number of Topliss-reactive ketones (excluding diaryl/α,β-unsaturated/α-hetero) is 1. The number of ketones is 1. The summed E-state index contributed by atoms with van der Waals surface area (Å²) in [4.78, 5) is 12.0. The van der Waals surface area contributed by atoms with Crippen molar-refractivity contribution in [2.24, 2.45) is 5.92 Å². The Bertz CT molecular complexity index is 354. The summed E-state index contributed by atoms with van der Waals surface area (Å²) in [6.07, 6.45) is 6.92. The largest absolute Gasteiger partial charge is 0.298 e. The molecular formula is C15H19ClO. The number of hydrogen-bond donors (Lipinski definition) is 0. The van der Waals surface area contributed by atoms with Crippen molar-refractivity contribution in [3.05, 3.63) is 35.9 Å². The van der Waals surface area contributed by atoms with Crippen LogP contribution in [0.3, 0.4) is 0 Å². The minimum absolute atomic E-state index is 0.171. The van der Waals surface area contributed by atoms with E-state index in [1.807, 2.05) is 30.3 Å². The summed E-state index contributed by atoms with van der Waals surface area (Å²) in [6.45, 7) is 0. The highest BCUT2D eigenvalue weighted by Crippen LogP contribution is 2.30. The second-order valence-corrected chi connectivity index (χ2v) is 5.37. The Morgan fingerprint density at radius 2 is 1.88 bits per heavy atom. The number of halogens is 1. The van der Waals surface area contributed by atoms with E-state index in [-0.39, 0.29) is 5.78 Å². The Morgan fingerprint density at radius 3 is 2.53 bits per heavy atom. The van der Waals surface area contributed by atoms with Gasteiger partial charge < -0.3 is 0 Å². The van der Waals surface area contributed by atoms with E-state index in [2.05, 4.69) is 0 Å². The van der Waals surface area contributed by atoms with Crippen LogP contribution in [0.25, 0.3) is 0 Å². The minimum atomic E-state index is -0.461. The molecule has 1 fully saturated rings. The molecule has 0 aromatic heterocycles. The van der Waals surface area contributed by atoms with Gasteiger partial charge in [0.15, 0.2) is 5.78 Å². The third-order valence-electron chi connectivity index (χ3n) is 3.65. The van der Waals surface area contributed by atoms with Gasteiger partial charge in [-0.25, -0.2) is 0 Å². The normalized spacial score (nSPS) is 18.2. The minimum Gasteiger partial charge on any atom is -0.298 e. The molecule has 1 saturated carbocycles. The van der Waals surface area contributed by atoms with E-state index in [4.69, 9.17) is 11.6 Å². The van der Waals surface area contributed by atoms with Crippen molar-refractivity contribution >= 4 is 17.4 Å². The number of rotatable bonds is 5. The number of carbonyl (C=O) groups excluding carboxylic acids is 1. The molecule has 92 valence electrons. The summed E-state index contributed by atoms with van der Waals surface area (Å²) < 4.78 is 0. The van der Waals surface area contributed by atoms with Crippen LogP contribution in [0.15, 0.2) is 30.3 Å². The Labute approximate surface area is 108 Å². The molecular weight excluding hydrogens is 232 g/mol. The molecule has 1 atom stereocenters. The molecule has 1 aromatic carbocycles. The molecule has 2 heteroatoms. The van der Waals surface area contributed by atoms with Gasteiger partial charge >= 0.3 is 0 Å². The van der Waals surface area contributed by atoms with Gasteiger partial charge in [0.2, 0.25) is 0 Å². The zero-order valence-electron chi connectivity index (χ0n) is 10.1. The number of benzene rings is 1. The molecule has 1 aliphatic rings. The van der Waals surface area contributed by atoms with E-state index in [1.54, 1.807) is 0 Å². The second kappa shape index (κ2) is 6.20. The molecule has 1 aliphatic carbocycles. The molecule has 0 N–H and O–H groups in total. The van der Waals surface area contributed by atoms with Crippen LogP contribution in [0, 0.1) is 5.92 Å². The van der Waals surface area contributed by atoms with Gasteiger partial charge in [-0.15, -0.1) is 11.6 Å². The fourth-order valence-electron chi connectivity index (χ4n) is 2.58. The zero-order valence-corrected chi connectivity index (χ0v) is 10.8. The first-order valence-corrected chi connectivity index (χ1v) is 6.93. The van der Waals surface area contributed by atoms with Gasteiger partial charge in [0, 0.05) is 6.42 Å². The molecule has 0 saturated heterocycles. The molecule has 1 aromatic rings. The Hall–Kier alpha value is -0.820. The lowest BCUT2D eigenvalue weighted by atomic mass is 9.97. The fraction of sp³-hybridized carbons (Fsp3) is 0.533. The summed E-state index contributed by atoms with van der Waals surface area (Å²) in [6, 6.07) is 9.64. The van der Waals surface area contributed by atoms with Gasteiger partial charge in [0.1, 0.15) is 5.38 Å². The topological polar surface area (TPSA) is 17.1 Å². The summed E-state index contributed by atoms with van der Waals surface area (Å²) in [5.74, 6) is 0.934. The summed E-state index contributed by atoms with van der Waals surface area (Å²) >= 11 is 6.19. The van der Waals surface area contributed by atoms with Crippen molar-refractivity contribution in [1.29, 1.82) is 0 Å². The standard InChI is InChI=1S/C15H19ClO/c16-15(13-8-2-1-3-9-13)14(17)11-10-12-6-4-5-7-12/h1-3,8-9,12,15H,4-7,10-11H2. The first-order chi connectivity index (χ1) is 8.27. The quantitative estimate of drug-likeness (QED) is 0.703. The lowest BCUT2D eigenvalue weighted by molar-refractivity contribution is -0.119. The van der Waals surface area contributed by atoms with Crippen LogP contribution < -0.4 is 0 Å². The molecule has 0 aliphatic heterocycles. The van der Waals surface area contributed by atoms with E-state index in [9.17, 15) is 4.79 Å². The second-order valence-electron chi connectivity index (χ2n) is 4.93. The molecule has 0 radical (unpaired) electrons. The molecule has 17 heavy (non-hydrogen) atoms. The van der Waals surface area contributed by atoms with Crippen LogP contribution in [-0.4, -0.2) is 5.78 Å². The molecule has 0 bridgehead atoms. The summed E-state index contributed by atoms with van der Waals surface area (Å²) in [5.41, 5.74) is 0.922. The lowest BCUT2D eigenvalue weighted by Gasteiger charge is -2.11. The van der Waals surface area contributed by atoms with E-state index < -0.39 is 5.38 Å². The van der Waals surface area contributed by atoms with E-state index in [0.717, 1.165) is 17.9 Å². The number of alkyl halides is 1. The Kier molecular flexibility index (Phi) is 4.61. The average molecular weight is 251 g/mol. The third kappa shape index (κ3) is 3.57.